The zero-order chi connectivity index (χ0) is 13.0. The molecule has 96 valence electrons. The predicted octanol–water partition coefficient (Wildman–Crippen LogP) is 2.05. The van der Waals surface area contributed by atoms with Gasteiger partial charge in [-0.05, 0) is 34.1 Å². The molecule has 1 N–H and O–H groups in total. The van der Waals surface area contributed by atoms with Gasteiger partial charge in [0.25, 0.3) is 5.91 Å². The first-order chi connectivity index (χ1) is 8.02. The van der Waals surface area contributed by atoms with Crippen LogP contribution in [0.5, 0.6) is 0 Å². The van der Waals surface area contributed by atoms with Gasteiger partial charge < -0.3 is 14.4 Å². The fourth-order valence-electron chi connectivity index (χ4n) is 1.93. The van der Waals surface area contributed by atoms with E-state index < -0.39 is 0 Å². The van der Waals surface area contributed by atoms with E-state index in [-0.39, 0.29) is 12.5 Å². The maximum absolute atomic E-state index is 12.3. The van der Waals surface area contributed by atoms with Gasteiger partial charge in [0.05, 0.1) is 5.56 Å². The molecule has 0 bridgehead atoms. The van der Waals surface area contributed by atoms with Gasteiger partial charge in [0, 0.05) is 25.3 Å². The number of hydrogen-bond donors (Lipinski definition) is 1. The Hall–Kier alpha value is -1.29. The molecule has 0 aliphatic heterocycles. The Balaban J connectivity index is 2.93. The number of nitrogens with zero attached hydrogens (tertiary/aromatic N) is 1. The second kappa shape index (κ2) is 5.87. The van der Waals surface area contributed by atoms with E-state index in [0.29, 0.717) is 30.8 Å². The van der Waals surface area contributed by atoms with Gasteiger partial charge in [0.15, 0.2) is 0 Å². The standard InChI is InChI=1S/C13H21NO3/c1-5-14(7-6-8-15)13(16)12-9(2)10(3)17-11(12)4/h15H,5-8H2,1-4H3. The van der Waals surface area contributed by atoms with Crippen LogP contribution in [0.15, 0.2) is 4.42 Å². The first kappa shape index (κ1) is 13.8. The van der Waals surface area contributed by atoms with Gasteiger partial charge >= 0.3 is 0 Å². The van der Waals surface area contributed by atoms with Gasteiger partial charge in [-0.15, -0.1) is 0 Å². The number of carbonyl (C=O) groups is 1. The summed E-state index contributed by atoms with van der Waals surface area (Å²) in [6.07, 6.45) is 0.606. The summed E-state index contributed by atoms with van der Waals surface area (Å²) in [5.74, 6) is 1.46. The zero-order valence-corrected chi connectivity index (χ0v) is 11.0. The van der Waals surface area contributed by atoms with E-state index in [1.54, 1.807) is 4.90 Å². The summed E-state index contributed by atoms with van der Waals surface area (Å²) in [7, 11) is 0. The number of amides is 1. The van der Waals surface area contributed by atoms with Crippen molar-refractivity contribution in [2.24, 2.45) is 0 Å². The quantitative estimate of drug-likeness (QED) is 0.855. The van der Waals surface area contributed by atoms with Crippen LogP contribution in [0.3, 0.4) is 0 Å². The van der Waals surface area contributed by atoms with Crippen LogP contribution in [0.1, 0.15) is 40.8 Å². The van der Waals surface area contributed by atoms with Crippen LogP contribution >= 0.6 is 0 Å². The topological polar surface area (TPSA) is 53.7 Å². The average molecular weight is 239 g/mol. The summed E-state index contributed by atoms with van der Waals surface area (Å²) in [6.45, 7) is 8.84. The molecule has 4 nitrogen and oxygen atoms in total. The third kappa shape index (κ3) is 2.88. The number of aliphatic hydroxyl groups excluding tert-OH is 1. The molecule has 1 aromatic rings. The molecule has 1 aromatic heterocycles. The van der Waals surface area contributed by atoms with Crippen molar-refractivity contribution in [1.82, 2.24) is 4.90 Å². The number of rotatable bonds is 5. The molecule has 0 unspecified atom stereocenters. The molecule has 1 rings (SSSR count). The first-order valence-corrected chi connectivity index (χ1v) is 5.99. The number of furan rings is 1. The van der Waals surface area contributed by atoms with Crippen molar-refractivity contribution in [3.8, 4) is 0 Å². The molecule has 0 saturated heterocycles. The summed E-state index contributed by atoms with van der Waals surface area (Å²) < 4.78 is 5.47. The van der Waals surface area contributed by atoms with Crippen LogP contribution in [0.4, 0.5) is 0 Å². The van der Waals surface area contributed by atoms with Crippen LogP contribution < -0.4 is 0 Å². The molecule has 17 heavy (non-hydrogen) atoms. The van der Waals surface area contributed by atoms with Crippen molar-refractivity contribution in [3.05, 3.63) is 22.6 Å². The Kier molecular flexibility index (Phi) is 4.75. The fraction of sp³-hybridized carbons (Fsp3) is 0.615. The summed E-state index contributed by atoms with van der Waals surface area (Å²) in [4.78, 5) is 14.1. The van der Waals surface area contributed by atoms with E-state index in [4.69, 9.17) is 9.52 Å². The third-order valence-corrected chi connectivity index (χ3v) is 3.03. The van der Waals surface area contributed by atoms with E-state index in [1.165, 1.54) is 0 Å². The summed E-state index contributed by atoms with van der Waals surface area (Å²) in [5, 5.41) is 8.82. The molecular formula is C13H21NO3. The van der Waals surface area contributed by atoms with Crippen LogP contribution in [-0.4, -0.2) is 35.6 Å². The summed E-state index contributed by atoms with van der Waals surface area (Å²) >= 11 is 0. The SMILES string of the molecule is CCN(CCCO)C(=O)c1c(C)oc(C)c1C. The summed E-state index contributed by atoms with van der Waals surface area (Å²) in [6, 6.07) is 0. The van der Waals surface area contributed by atoms with Gasteiger partial charge in [-0.25, -0.2) is 0 Å². The normalized spacial score (nSPS) is 10.6. The second-order valence-electron chi connectivity index (χ2n) is 4.18. The van der Waals surface area contributed by atoms with E-state index in [1.807, 2.05) is 27.7 Å². The largest absolute Gasteiger partial charge is 0.466 e. The monoisotopic (exact) mass is 239 g/mol. The lowest BCUT2D eigenvalue weighted by molar-refractivity contribution is 0.0752. The highest BCUT2D eigenvalue weighted by Crippen LogP contribution is 2.22. The number of aryl methyl sites for hydroxylation is 2. The minimum absolute atomic E-state index is 0.00667. The molecule has 0 radical (unpaired) electrons. The molecule has 1 heterocycles. The fourth-order valence-corrected chi connectivity index (χ4v) is 1.93. The number of carbonyl (C=O) groups excluding carboxylic acids is 1. The maximum Gasteiger partial charge on any atom is 0.257 e. The van der Waals surface area contributed by atoms with Crippen molar-refractivity contribution in [3.63, 3.8) is 0 Å². The van der Waals surface area contributed by atoms with E-state index in [0.717, 1.165) is 11.3 Å². The highest BCUT2D eigenvalue weighted by molar-refractivity contribution is 5.96. The molecule has 4 heteroatoms. The Bertz CT molecular complexity index is 396. The highest BCUT2D eigenvalue weighted by atomic mass is 16.3. The first-order valence-electron chi connectivity index (χ1n) is 5.99. The van der Waals surface area contributed by atoms with E-state index in [9.17, 15) is 4.79 Å². The van der Waals surface area contributed by atoms with Gasteiger partial charge in [0.2, 0.25) is 0 Å². The van der Waals surface area contributed by atoms with Crippen LogP contribution in [0, 0.1) is 20.8 Å². The lowest BCUT2D eigenvalue weighted by Crippen LogP contribution is -2.32. The number of aliphatic hydroxyl groups is 1. The predicted molar refractivity (Wildman–Crippen MR) is 66.2 cm³/mol. The van der Waals surface area contributed by atoms with Gasteiger partial charge in [-0.3, -0.25) is 4.79 Å². The lowest BCUT2D eigenvalue weighted by atomic mass is 10.1. The van der Waals surface area contributed by atoms with Crippen LogP contribution in [-0.2, 0) is 0 Å². The van der Waals surface area contributed by atoms with Gasteiger partial charge in [0.1, 0.15) is 11.5 Å². The molecule has 1 amide bonds. The average Bonchev–Trinajstić information content (AvgIpc) is 2.54. The van der Waals surface area contributed by atoms with Gasteiger partial charge in [-0.1, -0.05) is 0 Å². The molecule has 0 aliphatic carbocycles. The highest BCUT2D eigenvalue weighted by Gasteiger charge is 2.22. The summed E-state index contributed by atoms with van der Waals surface area (Å²) in [5.41, 5.74) is 1.58. The maximum atomic E-state index is 12.3. The Morgan fingerprint density at radius 3 is 2.35 bits per heavy atom. The van der Waals surface area contributed by atoms with Crippen LogP contribution in [0.2, 0.25) is 0 Å². The minimum atomic E-state index is -0.00667. The Morgan fingerprint density at radius 1 is 1.29 bits per heavy atom. The smallest absolute Gasteiger partial charge is 0.257 e. The molecular weight excluding hydrogens is 218 g/mol. The molecule has 0 aliphatic rings. The van der Waals surface area contributed by atoms with Crippen molar-refractivity contribution in [2.75, 3.05) is 19.7 Å². The van der Waals surface area contributed by atoms with Crippen molar-refractivity contribution in [2.45, 2.75) is 34.1 Å². The van der Waals surface area contributed by atoms with E-state index in [2.05, 4.69) is 0 Å². The molecule has 0 aromatic carbocycles. The van der Waals surface area contributed by atoms with Crippen molar-refractivity contribution < 1.29 is 14.3 Å². The Labute approximate surface area is 102 Å². The van der Waals surface area contributed by atoms with E-state index >= 15 is 0 Å². The lowest BCUT2D eigenvalue weighted by Gasteiger charge is -2.20. The van der Waals surface area contributed by atoms with Crippen molar-refractivity contribution in [1.29, 1.82) is 0 Å². The van der Waals surface area contributed by atoms with Crippen molar-refractivity contribution >= 4 is 5.91 Å². The Morgan fingerprint density at radius 2 is 1.94 bits per heavy atom. The molecule has 0 fully saturated rings. The zero-order valence-electron chi connectivity index (χ0n) is 11.0. The second-order valence-corrected chi connectivity index (χ2v) is 4.18. The number of hydrogen-bond acceptors (Lipinski definition) is 3. The third-order valence-electron chi connectivity index (χ3n) is 3.03. The molecule has 0 atom stereocenters. The van der Waals surface area contributed by atoms with Crippen LogP contribution in [0.25, 0.3) is 0 Å². The molecule has 0 spiro atoms. The molecule has 0 saturated carbocycles. The minimum Gasteiger partial charge on any atom is -0.466 e. The van der Waals surface area contributed by atoms with Gasteiger partial charge in [-0.2, -0.15) is 0 Å².